The molecular formula is C14H12FNO3. The molecule has 1 aromatic heterocycles. The highest BCUT2D eigenvalue weighted by atomic mass is 19.1. The van der Waals surface area contributed by atoms with Crippen molar-refractivity contribution in [3.63, 3.8) is 0 Å². The van der Waals surface area contributed by atoms with Gasteiger partial charge in [0.05, 0.1) is 12.2 Å². The van der Waals surface area contributed by atoms with Crippen molar-refractivity contribution in [2.75, 3.05) is 6.61 Å². The summed E-state index contributed by atoms with van der Waals surface area (Å²) in [4.78, 5) is 15.4. The predicted octanol–water partition coefficient (Wildman–Crippen LogP) is 3.19. The molecule has 0 aliphatic rings. The van der Waals surface area contributed by atoms with Gasteiger partial charge in [-0.25, -0.2) is 14.2 Å². The van der Waals surface area contributed by atoms with E-state index in [2.05, 4.69) is 4.98 Å². The number of benzene rings is 1. The van der Waals surface area contributed by atoms with Crippen molar-refractivity contribution in [2.45, 2.75) is 6.92 Å². The Bertz CT molecular complexity index is 569. The number of nitrogens with zero attached hydrogens (tertiary/aromatic N) is 1. The van der Waals surface area contributed by atoms with E-state index in [0.29, 0.717) is 17.9 Å². The standard InChI is InChI=1S/C14H12FNO3/c1-2-18-14(17)10-6-7-13(16-9-10)19-12-5-3-4-11(15)8-12/h3-9H,2H2,1H3. The van der Waals surface area contributed by atoms with Crippen molar-refractivity contribution in [1.82, 2.24) is 4.98 Å². The lowest BCUT2D eigenvalue weighted by Crippen LogP contribution is -2.04. The fourth-order valence-corrected chi connectivity index (χ4v) is 1.43. The summed E-state index contributed by atoms with van der Waals surface area (Å²) in [5.74, 6) is -0.206. The lowest BCUT2D eigenvalue weighted by molar-refractivity contribution is 0.0526. The van der Waals surface area contributed by atoms with Crippen LogP contribution in [0.1, 0.15) is 17.3 Å². The summed E-state index contributed by atoms with van der Waals surface area (Å²) >= 11 is 0. The molecule has 0 aliphatic heterocycles. The zero-order valence-corrected chi connectivity index (χ0v) is 10.3. The zero-order chi connectivity index (χ0) is 13.7. The number of pyridine rings is 1. The van der Waals surface area contributed by atoms with E-state index in [1.165, 1.54) is 30.5 Å². The highest BCUT2D eigenvalue weighted by molar-refractivity contribution is 5.89. The first-order valence-electron chi connectivity index (χ1n) is 5.75. The van der Waals surface area contributed by atoms with Crippen LogP contribution in [-0.2, 0) is 4.74 Å². The number of esters is 1. The fraction of sp³-hybridized carbons (Fsp3) is 0.143. The number of rotatable bonds is 4. The minimum Gasteiger partial charge on any atom is -0.462 e. The molecule has 5 heteroatoms. The largest absolute Gasteiger partial charge is 0.462 e. The van der Waals surface area contributed by atoms with E-state index in [4.69, 9.17) is 9.47 Å². The third-order valence-corrected chi connectivity index (χ3v) is 2.27. The Morgan fingerprint density at radius 3 is 2.79 bits per heavy atom. The maximum atomic E-state index is 13.0. The van der Waals surface area contributed by atoms with Crippen LogP contribution >= 0.6 is 0 Å². The van der Waals surface area contributed by atoms with Crippen LogP contribution in [0, 0.1) is 5.82 Å². The first kappa shape index (κ1) is 13.0. The Morgan fingerprint density at radius 2 is 2.16 bits per heavy atom. The number of hydrogen-bond acceptors (Lipinski definition) is 4. The van der Waals surface area contributed by atoms with E-state index in [0.717, 1.165) is 0 Å². The number of halogens is 1. The number of aromatic nitrogens is 1. The van der Waals surface area contributed by atoms with E-state index in [1.54, 1.807) is 19.1 Å². The molecule has 0 amide bonds. The SMILES string of the molecule is CCOC(=O)c1ccc(Oc2cccc(F)c2)nc1. The number of carbonyl (C=O) groups excluding carboxylic acids is 1. The van der Waals surface area contributed by atoms with Gasteiger partial charge in [-0.15, -0.1) is 0 Å². The second-order valence-corrected chi connectivity index (χ2v) is 3.67. The topological polar surface area (TPSA) is 48.4 Å². The van der Waals surface area contributed by atoms with Gasteiger partial charge < -0.3 is 9.47 Å². The van der Waals surface area contributed by atoms with Gasteiger partial charge >= 0.3 is 5.97 Å². The molecule has 0 fully saturated rings. The van der Waals surface area contributed by atoms with Gasteiger partial charge in [0.15, 0.2) is 0 Å². The minimum atomic E-state index is -0.438. The highest BCUT2D eigenvalue weighted by Gasteiger charge is 2.07. The van der Waals surface area contributed by atoms with E-state index in [1.807, 2.05) is 0 Å². The van der Waals surface area contributed by atoms with Crippen molar-refractivity contribution in [2.24, 2.45) is 0 Å². The Morgan fingerprint density at radius 1 is 1.32 bits per heavy atom. The van der Waals surface area contributed by atoms with Gasteiger partial charge in [0.2, 0.25) is 5.88 Å². The van der Waals surface area contributed by atoms with Crippen LogP contribution in [-0.4, -0.2) is 17.6 Å². The fourth-order valence-electron chi connectivity index (χ4n) is 1.43. The number of ether oxygens (including phenoxy) is 2. The second kappa shape index (κ2) is 5.95. The maximum Gasteiger partial charge on any atom is 0.339 e. The highest BCUT2D eigenvalue weighted by Crippen LogP contribution is 2.20. The quantitative estimate of drug-likeness (QED) is 0.793. The minimum absolute atomic E-state index is 0.277. The number of hydrogen-bond donors (Lipinski definition) is 0. The third-order valence-electron chi connectivity index (χ3n) is 2.27. The van der Waals surface area contributed by atoms with Crippen LogP contribution in [0.2, 0.25) is 0 Å². The molecular weight excluding hydrogens is 249 g/mol. The van der Waals surface area contributed by atoms with Crippen molar-refractivity contribution < 1.29 is 18.7 Å². The van der Waals surface area contributed by atoms with Gasteiger partial charge in [0, 0.05) is 18.3 Å². The summed E-state index contributed by atoms with van der Waals surface area (Å²) in [6.45, 7) is 2.03. The van der Waals surface area contributed by atoms with Crippen LogP contribution in [0.3, 0.4) is 0 Å². The van der Waals surface area contributed by atoms with Crippen LogP contribution in [0.5, 0.6) is 11.6 Å². The van der Waals surface area contributed by atoms with Gasteiger partial charge in [-0.1, -0.05) is 6.07 Å². The molecule has 0 atom stereocenters. The first-order valence-corrected chi connectivity index (χ1v) is 5.75. The summed E-state index contributed by atoms with van der Waals surface area (Å²) < 4.78 is 23.1. The average molecular weight is 261 g/mol. The molecule has 19 heavy (non-hydrogen) atoms. The monoisotopic (exact) mass is 261 g/mol. The van der Waals surface area contributed by atoms with E-state index < -0.39 is 5.97 Å². The summed E-state index contributed by atoms with van der Waals surface area (Å²) in [6.07, 6.45) is 1.35. The van der Waals surface area contributed by atoms with Gasteiger partial charge in [-0.05, 0) is 25.1 Å². The molecule has 2 rings (SSSR count). The number of carbonyl (C=O) groups is 1. The molecule has 0 spiro atoms. The lowest BCUT2D eigenvalue weighted by atomic mass is 10.3. The van der Waals surface area contributed by atoms with Crippen LogP contribution in [0.25, 0.3) is 0 Å². The molecule has 2 aromatic rings. The zero-order valence-electron chi connectivity index (χ0n) is 10.3. The average Bonchev–Trinajstić information content (AvgIpc) is 2.40. The molecule has 0 aliphatic carbocycles. The summed E-state index contributed by atoms with van der Waals surface area (Å²) in [6, 6.07) is 8.80. The molecule has 0 unspecified atom stereocenters. The van der Waals surface area contributed by atoms with Gasteiger partial charge in [-0.3, -0.25) is 0 Å². The van der Waals surface area contributed by atoms with Crippen LogP contribution in [0.15, 0.2) is 42.6 Å². The van der Waals surface area contributed by atoms with Gasteiger partial charge in [0.25, 0.3) is 0 Å². The Labute approximate surface area is 109 Å². The van der Waals surface area contributed by atoms with Gasteiger partial charge in [0.1, 0.15) is 11.6 Å². The Hall–Kier alpha value is -2.43. The van der Waals surface area contributed by atoms with E-state index >= 15 is 0 Å². The molecule has 1 aromatic carbocycles. The summed E-state index contributed by atoms with van der Waals surface area (Å²) in [5, 5.41) is 0. The Balaban J connectivity index is 2.08. The molecule has 0 bridgehead atoms. The molecule has 98 valence electrons. The normalized spacial score (nSPS) is 10.0. The molecule has 4 nitrogen and oxygen atoms in total. The van der Waals surface area contributed by atoms with Crippen LogP contribution < -0.4 is 4.74 Å². The van der Waals surface area contributed by atoms with E-state index in [9.17, 15) is 9.18 Å². The van der Waals surface area contributed by atoms with Crippen molar-refractivity contribution in [1.29, 1.82) is 0 Å². The summed E-state index contributed by atoms with van der Waals surface area (Å²) in [7, 11) is 0. The van der Waals surface area contributed by atoms with E-state index in [-0.39, 0.29) is 11.7 Å². The predicted molar refractivity (Wildman–Crippen MR) is 66.7 cm³/mol. The lowest BCUT2D eigenvalue weighted by Gasteiger charge is -2.05. The molecule has 0 saturated carbocycles. The van der Waals surface area contributed by atoms with Crippen molar-refractivity contribution >= 4 is 5.97 Å². The van der Waals surface area contributed by atoms with Crippen molar-refractivity contribution in [3.05, 3.63) is 54.0 Å². The van der Waals surface area contributed by atoms with Gasteiger partial charge in [-0.2, -0.15) is 0 Å². The smallest absolute Gasteiger partial charge is 0.339 e. The third kappa shape index (κ3) is 3.51. The molecule has 0 saturated heterocycles. The molecule has 1 heterocycles. The first-order chi connectivity index (χ1) is 9.19. The second-order valence-electron chi connectivity index (χ2n) is 3.67. The molecule has 0 N–H and O–H groups in total. The van der Waals surface area contributed by atoms with Crippen LogP contribution in [0.4, 0.5) is 4.39 Å². The van der Waals surface area contributed by atoms with Crippen molar-refractivity contribution in [3.8, 4) is 11.6 Å². The maximum absolute atomic E-state index is 13.0. The summed E-state index contributed by atoms with van der Waals surface area (Å²) in [5.41, 5.74) is 0.341. The molecule has 0 radical (unpaired) electrons. The Kier molecular flexibility index (Phi) is 4.07.